The number of hydrogen-bond donors (Lipinski definition) is 1. The molecule has 0 unspecified atom stereocenters. The minimum atomic E-state index is -3.68. The van der Waals surface area contributed by atoms with Crippen LogP contribution in [0.5, 0.6) is 0 Å². The molecule has 2 aromatic rings. The number of nitrogens with one attached hydrogen (secondary N) is 1. The van der Waals surface area contributed by atoms with Crippen molar-refractivity contribution in [1.82, 2.24) is 4.31 Å². The van der Waals surface area contributed by atoms with Gasteiger partial charge in [-0.25, -0.2) is 8.42 Å². The first-order valence-electron chi connectivity index (χ1n) is 8.05. The van der Waals surface area contributed by atoms with Gasteiger partial charge in [0.1, 0.15) is 4.90 Å². The normalized spacial score (nSPS) is 15.3. The van der Waals surface area contributed by atoms with E-state index in [1.165, 1.54) is 22.5 Å². The van der Waals surface area contributed by atoms with E-state index in [-0.39, 0.29) is 21.4 Å². The molecule has 0 saturated carbocycles. The average Bonchev–Trinajstić information content (AvgIpc) is 3.12. The highest BCUT2D eigenvalue weighted by Crippen LogP contribution is 2.28. The van der Waals surface area contributed by atoms with Gasteiger partial charge in [0.05, 0.1) is 5.02 Å². The highest BCUT2D eigenvalue weighted by molar-refractivity contribution is 7.89. The first-order valence-corrected chi connectivity index (χ1v) is 9.87. The summed E-state index contributed by atoms with van der Waals surface area (Å²) < 4.78 is 26.9. The summed E-state index contributed by atoms with van der Waals surface area (Å²) in [4.78, 5) is 12.4. The van der Waals surface area contributed by atoms with Gasteiger partial charge in [-0.1, -0.05) is 29.3 Å². The number of amides is 1. The quantitative estimate of drug-likeness (QED) is 0.882. The highest BCUT2D eigenvalue weighted by Gasteiger charge is 2.29. The molecule has 5 nitrogen and oxygen atoms in total. The van der Waals surface area contributed by atoms with E-state index in [1.807, 2.05) is 19.1 Å². The molecule has 25 heavy (non-hydrogen) atoms. The van der Waals surface area contributed by atoms with Crippen molar-refractivity contribution in [3.05, 3.63) is 58.6 Å². The van der Waals surface area contributed by atoms with Crippen molar-refractivity contribution in [3.8, 4) is 0 Å². The lowest BCUT2D eigenvalue weighted by Gasteiger charge is -2.17. The van der Waals surface area contributed by atoms with E-state index in [0.717, 1.165) is 18.4 Å². The van der Waals surface area contributed by atoms with Crippen LogP contribution >= 0.6 is 11.6 Å². The molecule has 1 aliphatic heterocycles. The summed E-state index contributed by atoms with van der Waals surface area (Å²) in [7, 11) is -3.68. The maximum Gasteiger partial charge on any atom is 0.255 e. The van der Waals surface area contributed by atoms with Gasteiger partial charge in [-0.2, -0.15) is 4.31 Å². The fourth-order valence-electron chi connectivity index (χ4n) is 2.75. The summed E-state index contributed by atoms with van der Waals surface area (Å²) in [6.45, 7) is 2.93. The lowest BCUT2D eigenvalue weighted by Crippen LogP contribution is -2.28. The Bertz CT molecular complexity index is 889. The Kier molecular flexibility index (Phi) is 5.13. The number of carbonyl (C=O) groups is 1. The number of nitrogens with zero attached hydrogens (tertiary/aromatic N) is 1. The third-order valence-corrected chi connectivity index (χ3v) is 6.57. The molecule has 0 spiro atoms. The first kappa shape index (κ1) is 17.9. The summed E-state index contributed by atoms with van der Waals surface area (Å²) in [6.07, 6.45) is 1.68. The fraction of sp³-hybridized carbons (Fsp3) is 0.278. The monoisotopic (exact) mass is 378 g/mol. The number of benzene rings is 2. The third-order valence-electron chi connectivity index (χ3n) is 4.19. The van der Waals surface area contributed by atoms with E-state index in [9.17, 15) is 13.2 Å². The second kappa shape index (κ2) is 7.15. The highest BCUT2D eigenvalue weighted by atomic mass is 35.5. The Balaban J connectivity index is 1.88. The zero-order chi connectivity index (χ0) is 18.0. The Hall–Kier alpha value is -1.89. The van der Waals surface area contributed by atoms with Gasteiger partial charge in [0.15, 0.2) is 0 Å². The summed E-state index contributed by atoms with van der Waals surface area (Å²) >= 11 is 6.10. The van der Waals surface area contributed by atoms with Crippen molar-refractivity contribution >= 4 is 33.2 Å². The third kappa shape index (κ3) is 3.86. The van der Waals surface area contributed by atoms with E-state index in [4.69, 9.17) is 11.6 Å². The van der Waals surface area contributed by atoms with E-state index >= 15 is 0 Å². The maximum absolute atomic E-state index is 12.7. The van der Waals surface area contributed by atoms with Gasteiger partial charge in [-0.3, -0.25) is 4.79 Å². The molecule has 1 heterocycles. The Morgan fingerprint density at radius 3 is 2.36 bits per heavy atom. The average molecular weight is 379 g/mol. The van der Waals surface area contributed by atoms with Gasteiger partial charge in [0, 0.05) is 24.3 Å². The number of anilines is 1. The molecular weight excluding hydrogens is 360 g/mol. The smallest absolute Gasteiger partial charge is 0.255 e. The Morgan fingerprint density at radius 2 is 1.72 bits per heavy atom. The van der Waals surface area contributed by atoms with Crippen LogP contribution in [0.4, 0.5) is 5.69 Å². The molecule has 7 heteroatoms. The molecular formula is C18H19ClN2O3S. The van der Waals surface area contributed by atoms with Crippen LogP contribution in [-0.4, -0.2) is 31.7 Å². The minimum absolute atomic E-state index is 0.0207. The summed E-state index contributed by atoms with van der Waals surface area (Å²) in [6, 6.07) is 11.7. The predicted octanol–water partition coefficient (Wildman–Crippen LogP) is 3.69. The molecule has 3 rings (SSSR count). The Morgan fingerprint density at radius 1 is 1.08 bits per heavy atom. The van der Waals surface area contributed by atoms with Crippen molar-refractivity contribution in [3.63, 3.8) is 0 Å². The molecule has 0 radical (unpaired) electrons. The standard InChI is InChI=1S/C18H19ClN2O3S/c1-13-4-7-15(8-5-13)20-18(22)14-6-9-16(19)17(12-14)25(23,24)21-10-2-3-11-21/h4-9,12H,2-3,10-11H2,1H3,(H,20,22). The first-order chi connectivity index (χ1) is 11.9. The van der Waals surface area contributed by atoms with Crippen LogP contribution in [0.1, 0.15) is 28.8 Å². The second-order valence-corrected chi connectivity index (χ2v) is 8.39. The summed E-state index contributed by atoms with van der Waals surface area (Å²) in [5.41, 5.74) is 1.99. The van der Waals surface area contributed by atoms with Crippen molar-refractivity contribution in [2.45, 2.75) is 24.7 Å². The lowest BCUT2D eigenvalue weighted by atomic mass is 10.2. The predicted molar refractivity (Wildman–Crippen MR) is 98.6 cm³/mol. The fourth-order valence-corrected chi connectivity index (χ4v) is 4.77. The zero-order valence-corrected chi connectivity index (χ0v) is 15.4. The van der Waals surface area contributed by atoms with Crippen molar-refractivity contribution in [2.24, 2.45) is 0 Å². The van der Waals surface area contributed by atoms with E-state index in [2.05, 4.69) is 5.32 Å². The van der Waals surface area contributed by atoms with Crippen LogP contribution in [0, 0.1) is 6.92 Å². The van der Waals surface area contributed by atoms with E-state index in [1.54, 1.807) is 12.1 Å². The molecule has 1 fully saturated rings. The number of hydrogen-bond acceptors (Lipinski definition) is 3. The van der Waals surface area contributed by atoms with Gasteiger partial charge in [0.2, 0.25) is 10.0 Å². The number of sulfonamides is 1. The van der Waals surface area contributed by atoms with Gasteiger partial charge in [-0.15, -0.1) is 0 Å². The van der Waals surface area contributed by atoms with Crippen molar-refractivity contribution < 1.29 is 13.2 Å². The molecule has 1 saturated heterocycles. The van der Waals surface area contributed by atoms with Crippen LogP contribution in [0.2, 0.25) is 5.02 Å². The number of carbonyl (C=O) groups excluding carboxylic acids is 1. The number of rotatable bonds is 4. The molecule has 2 aromatic carbocycles. The summed E-state index contributed by atoms with van der Waals surface area (Å²) in [5.74, 6) is -0.376. The second-order valence-electron chi connectivity index (χ2n) is 6.08. The number of halogens is 1. The van der Waals surface area contributed by atoms with Gasteiger partial charge < -0.3 is 5.32 Å². The van der Waals surface area contributed by atoms with Gasteiger partial charge in [-0.05, 0) is 50.1 Å². The SMILES string of the molecule is Cc1ccc(NC(=O)c2ccc(Cl)c(S(=O)(=O)N3CCCC3)c2)cc1. The molecule has 0 bridgehead atoms. The molecule has 0 aromatic heterocycles. The van der Waals surface area contributed by atoms with Crippen LogP contribution < -0.4 is 5.32 Å². The largest absolute Gasteiger partial charge is 0.322 e. The molecule has 1 amide bonds. The van der Waals surface area contributed by atoms with Crippen LogP contribution in [0.15, 0.2) is 47.4 Å². The molecule has 1 N–H and O–H groups in total. The van der Waals surface area contributed by atoms with E-state index in [0.29, 0.717) is 18.8 Å². The van der Waals surface area contributed by atoms with Crippen LogP contribution in [0.3, 0.4) is 0 Å². The molecule has 0 aliphatic carbocycles. The number of aryl methyl sites for hydroxylation is 1. The topological polar surface area (TPSA) is 66.5 Å². The van der Waals surface area contributed by atoms with Crippen LogP contribution in [0.25, 0.3) is 0 Å². The maximum atomic E-state index is 12.7. The Labute approximate surface area is 152 Å². The van der Waals surface area contributed by atoms with Crippen LogP contribution in [-0.2, 0) is 10.0 Å². The minimum Gasteiger partial charge on any atom is -0.322 e. The lowest BCUT2D eigenvalue weighted by molar-refractivity contribution is 0.102. The molecule has 132 valence electrons. The van der Waals surface area contributed by atoms with E-state index < -0.39 is 10.0 Å². The molecule has 1 aliphatic rings. The summed E-state index contributed by atoms with van der Waals surface area (Å²) in [5, 5.41) is 2.89. The molecule has 0 atom stereocenters. The zero-order valence-electron chi connectivity index (χ0n) is 13.8. The van der Waals surface area contributed by atoms with Crippen molar-refractivity contribution in [2.75, 3.05) is 18.4 Å². The van der Waals surface area contributed by atoms with Crippen molar-refractivity contribution in [1.29, 1.82) is 0 Å². The van der Waals surface area contributed by atoms with Gasteiger partial charge in [0.25, 0.3) is 5.91 Å². The van der Waals surface area contributed by atoms with Gasteiger partial charge >= 0.3 is 0 Å².